The number of halogens is 2. The van der Waals surface area contributed by atoms with Gasteiger partial charge in [-0.3, -0.25) is 0 Å². The molecular weight excluding hydrogens is 460 g/mol. The molecule has 176 valence electrons. The first-order chi connectivity index (χ1) is 17.0. The monoisotopic (exact) mass is 477 g/mol. The molecule has 3 aromatic carbocycles. The maximum atomic E-state index is 13.6. The van der Waals surface area contributed by atoms with Crippen molar-refractivity contribution in [1.82, 2.24) is 4.98 Å². The van der Waals surface area contributed by atoms with E-state index in [1.54, 1.807) is 18.2 Å². The first-order valence-corrected chi connectivity index (χ1v) is 10.7. The molecule has 0 saturated heterocycles. The minimum atomic E-state index is -0.952. The summed E-state index contributed by atoms with van der Waals surface area (Å²) in [6.07, 6.45) is 0. The van der Waals surface area contributed by atoms with Crippen LogP contribution in [0.25, 0.3) is 22.0 Å². The molecule has 6 rings (SSSR count). The number of cyclic esters (lactones) is 1. The summed E-state index contributed by atoms with van der Waals surface area (Å²) in [5.41, 5.74) is 3.26. The van der Waals surface area contributed by atoms with Crippen LogP contribution in [-0.2, 0) is 18.0 Å². The molecule has 0 saturated carbocycles. The number of esters is 1. The van der Waals surface area contributed by atoms with Crippen LogP contribution in [0.1, 0.15) is 21.6 Å². The molecule has 35 heavy (non-hydrogen) atoms. The summed E-state index contributed by atoms with van der Waals surface area (Å²) in [5, 5.41) is 0.651. The van der Waals surface area contributed by atoms with Crippen molar-refractivity contribution in [2.24, 2.45) is 0 Å². The Morgan fingerprint density at radius 2 is 1.77 bits per heavy atom. The standard InChI is InChI=1S/C26H17F2NO6/c1-31-21-8-15-18(9-23(21)32-10-13-2-4-16(27)17(28)6-13)29-19-11-33-26(30)25(19)24(15)14-3-5-20-22(7-14)35-12-34-20/h2-9H,10-12H2,1H3. The lowest BCUT2D eigenvalue weighted by Crippen LogP contribution is -2.03. The molecule has 1 aromatic heterocycles. The average molecular weight is 477 g/mol. The molecule has 2 aliphatic rings. The summed E-state index contributed by atoms with van der Waals surface area (Å²) in [7, 11) is 1.49. The van der Waals surface area contributed by atoms with Gasteiger partial charge in [0, 0.05) is 17.0 Å². The Labute approximate surface area is 197 Å². The molecule has 0 N–H and O–H groups in total. The molecule has 0 radical (unpaired) electrons. The number of carbonyl (C=O) groups is 1. The van der Waals surface area contributed by atoms with Crippen molar-refractivity contribution in [2.75, 3.05) is 13.9 Å². The summed E-state index contributed by atoms with van der Waals surface area (Å²) in [5.74, 6) is -0.397. The third kappa shape index (κ3) is 3.56. The van der Waals surface area contributed by atoms with E-state index in [1.165, 1.54) is 13.2 Å². The van der Waals surface area contributed by atoms with Gasteiger partial charge in [0.05, 0.1) is 23.9 Å². The lowest BCUT2D eigenvalue weighted by atomic mass is 9.94. The fourth-order valence-electron chi connectivity index (χ4n) is 4.27. The van der Waals surface area contributed by atoms with E-state index in [0.717, 1.165) is 17.7 Å². The zero-order valence-electron chi connectivity index (χ0n) is 18.4. The Bertz CT molecular complexity index is 1520. The second-order valence-corrected chi connectivity index (χ2v) is 8.01. The average Bonchev–Trinajstić information content (AvgIpc) is 3.48. The number of aromatic nitrogens is 1. The van der Waals surface area contributed by atoms with Gasteiger partial charge in [-0.1, -0.05) is 12.1 Å². The van der Waals surface area contributed by atoms with Gasteiger partial charge in [0.15, 0.2) is 34.6 Å². The number of carbonyl (C=O) groups excluding carboxylic acids is 1. The minimum absolute atomic E-state index is 0.0133. The Balaban J connectivity index is 1.48. The fraction of sp³-hybridized carbons (Fsp3) is 0.154. The molecule has 0 atom stereocenters. The highest BCUT2D eigenvalue weighted by molar-refractivity contribution is 6.09. The highest BCUT2D eigenvalue weighted by Crippen LogP contribution is 2.44. The summed E-state index contributed by atoms with van der Waals surface area (Å²) in [6, 6.07) is 12.4. The molecule has 0 aliphatic carbocycles. The van der Waals surface area contributed by atoms with Gasteiger partial charge in [-0.2, -0.15) is 0 Å². The number of rotatable bonds is 5. The Morgan fingerprint density at radius 3 is 2.60 bits per heavy atom. The van der Waals surface area contributed by atoms with Crippen LogP contribution < -0.4 is 18.9 Å². The van der Waals surface area contributed by atoms with Crippen molar-refractivity contribution in [3.05, 3.63) is 77.0 Å². The number of methoxy groups -OCH3 is 1. The molecule has 0 amide bonds. The molecule has 4 aromatic rings. The maximum Gasteiger partial charge on any atom is 0.341 e. The molecule has 7 nitrogen and oxygen atoms in total. The molecular formula is C26H17F2NO6. The van der Waals surface area contributed by atoms with Gasteiger partial charge in [-0.15, -0.1) is 0 Å². The fourth-order valence-corrected chi connectivity index (χ4v) is 4.27. The normalized spacial score (nSPS) is 13.6. The van der Waals surface area contributed by atoms with Gasteiger partial charge in [0.1, 0.15) is 13.2 Å². The number of hydrogen-bond acceptors (Lipinski definition) is 7. The SMILES string of the molecule is COc1cc2c(-c3ccc4c(c3)OCO4)c3c(nc2cc1OCc1ccc(F)c(F)c1)COC3=O. The van der Waals surface area contributed by atoms with Gasteiger partial charge in [0.25, 0.3) is 0 Å². The lowest BCUT2D eigenvalue weighted by Gasteiger charge is -2.16. The predicted molar refractivity (Wildman–Crippen MR) is 120 cm³/mol. The number of hydrogen-bond donors (Lipinski definition) is 0. The predicted octanol–water partition coefficient (Wildman–Crippen LogP) is 5.17. The summed E-state index contributed by atoms with van der Waals surface area (Å²) in [4.78, 5) is 17.3. The smallest absolute Gasteiger partial charge is 0.341 e. The van der Waals surface area contributed by atoms with Gasteiger partial charge in [-0.25, -0.2) is 18.6 Å². The van der Waals surface area contributed by atoms with Crippen LogP contribution in [-0.4, -0.2) is 24.9 Å². The third-order valence-corrected chi connectivity index (χ3v) is 5.93. The van der Waals surface area contributed by atoms with E-state index in [0.29, 0.717) is 56.3 Å². The Hall–Kier alpha value is -4.40. The van der Waals surface area contributed by atoms with Gasteiger partial charge < -0.3 is 23.7 Å². The zero-order chi connectivity index (χ0) is 24.1. The quantitative estimate of drug-likeness (QED) is 0.367. The van der Waals surface area contributed by atoms with Crippen molar-refractivity contribution in [3.63, 3.8) is 0 Å². The van der Waals surface area contributed by atoms with Crippen LogP contribution >= 0.6 is 0 Å². The number of fused-ring (bicyclic) bond motifs is 3. The van der Waals surface area contributed by atoms with Gasteiger partial charge >= 0.3 is 5.97 Å². The largest absolute Gasteiger partial charge is 0.493 e. The van der Waals surface area contributed by atoms with Crippen LogP contribution in [0, 0.1) is 11.6 Å². The van der Waals surface area contributed by atoms with E-state index in [-0.39, 0.29) is 20.0 Å². The van der Waals surface area contributed by atoms with Crippen LogP contribution in [0.15, 0.2) is 48.5 Å². The van der Waals surface area contributed by atoms with Crippen molar-refractivity contribution in [1.29, 1.82) is 0 Å². The first kappa shape index (κ1) is 21.2. The minimum Gasteiger partial charge on any atom is -0.493 e. The van der Waals surface area contributed by atoms with E-state index in [4.69, 9.17) is 23.7 Å². The molecule has 2 aliphatic heterocycles. The van der Waals surface area contributed by atoms with E-state index in [2.05, 4.69) is 4.98 Å². The topological polar surface area (TPSA) is 76.1 Å². The van der Waals surface area contributed by atoms with Crippen molar-refractivity contribution in [3.8, 4) is 34.1 Å². The number of pyridine rings is 1. The van der Waals surface area contributed by atoms with Crippen molar-refractivity contribution >= 4 is 16.9 Å². The van der Waals surface area contributed by atoms with Crippen LogP contribution in [0.5, 0.6) is 23.0 Å². The molecule has 3 heterocycles. The van der Waals surface area contributed by atoms with E-state index in [1.807, 2.05) is 12.1 Å². The molecule has 0 spiro atoms. The number of nitrogens with zero attached hydrogens (tertiary/aromatic N) is 1. The van der Waals surface area contributed by atoms with Crippen molar-refractivity contribution in [2.45, 2.75) is 13.2 Å². The van der Waals surface area contributed by atoms with Gasteiger partial charge in [-0.05, 0) is 41.5 Å². The Morgan fingerprint density at radius 1 is 0.914 bits per heavy atom. The molecule has 9 heteroatoms. The molecule has 0 bridgehead atoms. The number of benzene rings is 3. The second kappa shape index (κ2) is 8.12. The summed E-state index contributed by atoms with van der Waals surface area (Å²) < 4.78 is 54.5. The highest BCUT2D eigenvalue weighted by Gasteiger charge is 2.30. The first-order valence-electron chi connectivity index (χ1n) is 10.7. The molecule has 0 unspecified atom stereocenters. The van der Waals surface area contributed by atoms with Crippen LogP contribution in [0.4, 0.5) is 8.78 Å². The summed E-state index contributed by atoms with van der Waals surface area (Å²) >= 11 is 0. The third-order valence-electron chi connectivity index (χ3n) is 5.93. The lowest BCUT2D eigenvalue weighted by molar-refractivity contribution is 0.0534. The molecule has 0 fully saturated rings. The van der Waals surface area contributed by atoms with E-state index < -0.39 is 17.6 Å². The summed E-state index contributed by atoms with van der Waals surface area (Å²) in [6.45, 7) is 0.169. The zero-order valence-corrected chi connectivity index (χ0v) is 18.4. The van der Waals surface area contributed by atoms with E-state index >= 15 is 0 Å². The van der Waals surface area contributed by atoms with Gasteiger partial charge in [0.2, 0.25) is 6.79 Å². The second-order valence-electron chi connectivity index (χ2n) is 8.01. The van der Waals surface area contributed by atoms with Crippen LogP contribution in [0.3, 0.4) is 0 Å². The number of ether oxygens (including phenoxy) is 5. The maximum absolute atomic E-state index is 13.6. The Kier molecular flexibility index (Phi) is 4.91. The van der Waals surface area contributed by atoms with Crippen LogP contribution in [0.2, 0.25) is 0 Å². The van der Waals surface area contributed by atoms with Crippen molar-refractivity contribution < 1.29 is 37.3 Å². The highest BCUT2D eigenvalue weighted by atomic mass is 19.2. The van der Waals surface area contributed by atoms with E-state index in [9.17, 15) is 13.6 Å².